The second-order valence-corrected chi connectivity index (χ2v) is 9.07. The molecule has 3 aromatic heterocycles. The van der Waals surface area contributed by atoms with Gasteiger partial charge >= 0.3 is 6.18 Å². The fourth-order valence-corrected chi connectivity index (χ4v) is 4.62. The zero-order chi connectivity index (χ0) is 24.8. The molecule has 2 amide bonds. The number of hydrogen-bond donors (Lipinski definition) is 2. The Bertz CT molecular complexity index is 1410. The minimum Gasteiger partial charge on any atom is -0.365 e. The van der Waals surface area contributed by atoms with Gasteiger partial charge in [-0.2, -0.15) is 18.3 Å². The minimum absolute atomic E-state index is 0.00838. The van der Waals surface area contributed by atoms with Crippen molar-refractivity contribution in [2.45, 2.75) is 19.6 Å². The number of amides is 2. The quantitative estimate of drug-likeness (QED) is 0.333. The number of hydrogen-bond acceptors (Lipinski definition) is 5. The second kappa shape index (κ2) is 8.80. The molecule has 0 atom stereocenters. The van der Waals surface area contributed by atoms with Crippen LogP contribution in [0.3, 0.4) is 0 Å². The van der Waals surface area contributed by atoms with E-state index in [0.29, 0.717) is 21.5 Å². The lowest BCUT2D eigenvalue weighted by Crippen LogP contribution is -2.21. The number of pyridine rings is 1. The van der Waals surface area contributed by atoms with Crippen molar-refractivity contribution < 1.29 is 27.2 Å². The molecular formula is C21H14BrF4N5O2S. The topological polar surface area (TPSA) is 103 Å². The van der Waals surface area contributed by atoms with Crippen molar-refractivity contribution in [1.29, 1.82) is 0 Å². The molecule has 0 bridgehead atoms. The normalized spacial score (nSPS) is 11.7. The number of nitrogens with zero attached hydrogens (tertiary/aromatic N) is 3. The molecule has 0 radical (unpaired) electrons. The van der Waals surface area contributed by atoms with Crippen molar-refractivity contribution in [2.24, 2.45) is 5.73 Å². The lowest BCUT2D eigenvalue weighted by Gasteiger charge is -2.12. The number of nitrogens with two attached hydrogens (primary N) is 1. The maximum absolute atomic E-state index is 13.5. The van der Waals surface area contributed by atoms with E-state index in [9.17, 15) is 27.2 Å². The number of alkyl halides is 3. The molecule has 3 heterocycles. The molecule has 0 fully saturated rings. The van der Waals surface area contributed by atoms with Gasteiger partial charge in [-0.05, 0) is 52.2 Å². The van der Waals surface area contributed by atoms with Crippen LogP contribution in [0.15, 0.2) is 41.0 Å². The van der Waals surface area contributed by atoms with Crippen LogP contribution in [0.2, 0.25) is 0 Å². The lowest BCUT2D eigenvalue weighted by molar-refractivity contribution is -0.140. The van der Waals surface area contributed by atoms with Crippen LogP contribution in [0.4, 0.5) is 23.2 Å². The maximum atomic E-state index is 13.5. The van der Waals surface area contributed by atoms with E-state index in [2.05, 4.69) is 31.3 Å². The van der Waals surface area contributed by atoms with Crippen molar-refractivity contribution in [3.8, 4) is 11.1 Å². The van der Waals surface area contributed by atoms with E-state index in [4.69, 9.17) is 5.73 Å². The molecule has 13 heteroatoms. The van der Waals surface area contributed by atoms with Crippen LogP contribution in [-0.4, -0.2) is 26.6 Å². The molecular weight excluding hydrogens is 542 g/mol. The monoisotopic (exact) mass is 555 g/mol. The molecule has 0 aliphatic rings. The highest BCUT2D eigenvalue weighted by atomic mass is 79.9. The van der Waals surface area contributed by atoms with Gasteiger partial charge in [0.05, 0.1) is 15.9 Å². The van der Waals surface area contributed by atoms with Crippen LogP contribution in [-0.2, 0) is 17.5 Å². The summed E-state index contributed by atoms with van der Waals surface area (Å²) in [7, 11) is 0. The van der Waals surface area contributed by atoms with Gasteiger partial charge in [-0.25, -0.2) is 9.37 Å². The lowest BCUT2D eigenvalue weighted by atomic mass is 10.0. The summed E-state index contributed by atoms with van der Waals surface area (Å²) in [5.41, 5.74) is 5.08. The number of primary amides is 1. The molecule has 176 valence electrons. The summed E-state index contributed by atoms with van der Waals surface area (Å²) in [5, 5.41) is 6.82. The average Bonchev–Trinajstić information content (AvgIpc) is 3.26. The SMILES string of the molecule is Cc1nn(CC(=O)Nc2c(C(N)=O)sc3nc(C(F)(F)F)cc(-c4ccc(F)cc4)c23)cc1Br. The average molecular weight is 556 g/mol. The Kier molecular flexibility index (Phi) is 6.16. The number of benzene rings is 1. The number of anilines is 1. The number of thiophene rings is 1. The third kappa shape index (κ3) is 4.66. The van der Waals surface area contributed by atoms with E-state index in [1.54, 1.807) is 13.1 Å². The first kappa shape index (κ1) is 23.8. The molecule has 4 aromatic rings. The first-order valence-electron chi connectivity index (χ1n) is 9.54. The molecule has 3 N–H and O–H groups in total. The van der Waals surface area contributed by atoms with Gasteiger partial charge in [-0.1, -0.05) is 12.1 Å². The van der Waals surface area contributed by atoms with Crippen molar-refractivity contribution >= 4 is 55.0 Å². The third-order valence-corrected chi connectivity index (χ3v) is 6.66. The van der Waals surface area contributed by atoms with E-state index in [-0.39, 0.29) is 38.5 Å². The summed E-state index contributed by atoms with van der Waals surface area (Å²) in [6, 6.07) is 5.55. The number of carbonyl (C=O) groups excluding carboxylic acids is 2. The van der Waals surface area contributed by atoms with Crippen LogP contribution in [0, 0.1) is 12.7 Å². The highest BCUT2D eigenvalue weighted by molar-refractivity contribution is 9.10. The Morgan fingerprint density at radius 3 is 2.47 bits per heavy atom. The maximum Gasteiger partial charge on any atom is 0.433 e. The van der Waals surface area contributed by atoms with Crippen molar-refractivity contribution in [1.82, 2.24) is 14.8 Å². The smallest absolute Gasteiger partial charge is 0.365 e. The van der Waals surface area contributed by atoms with Gasteiger partial charge in [0.1, 0.15) is 27.8 Å². The fraction of sp³-hybridized carbons (Fsp3) is 0.143. The molecule has 0 saturated carbocycles. The van der Waals surface area contributed by atoms with E-state index < -0.39 is 29.5 Å². The minimum atomic E-state index is -4.78. The Labute approximate surface area is 201 Å². The van der Waals surface area contributed by atoms with Gasteiger partial charge in [-0.3, -0.25) is 14.3 Å². The summed E-state index contributed by atoms with van der Waals surface area (Å²) in [6.07, 6.45) is -3.20. The molecule has 4 rings (SSSR count). The molecule has 0 spiro atoms. The predicted octanol–water partition coefficient (Wildman–Crippen LogP) is 5.13. The summed E-state index contributed by atoms with van der Waals surface area (Å²) in [5.74, 6) is -2.13. The van der Waals surface area contributed by atoms with E-state index >= 15 is 0 Å². The predicted molar refractivity (Wildman–Crippen MR) is 122 cm³/mol. The Morgan fingerprint density at radius 1 is 1.24 bits per heavy atom. The van der Waals surface area contributed by atoms with Crippen molar-refractivity contribution in [3.63, 3.8) is 0 Å². The van der Waals surface area contributed by atoms with Crippen LogP contribution in [0.5, 0.6) is 0 Å². The number of carbonyl (C=O) groups is 2. The molecule has 7 nitrogen and oxygen atoms in total. The van der Waals surface area contributed by atoms with Crippen molar-refractivity contribution in [3.05, 3.63) is 63.1 Å². The van der Waals surface area contributed by atoms with E-state index in [1.165, 1.54) is 16.8 Å². The molecule has 34 heavy (non-hydrogen) atoms. The molecule has 0 aliphatic heterocycles. The first-order valence-corrected chi connectivity index (χ1v) is 11.1. The number of aromatic nitrogens is 3. The zero-order valence-corrected chi connectivity index (χ0v) is 19.6. The largest absolute Gasteiger partial charge is 0.433 e. The molecule has 0 unspecified atom stereocenters. The van der Waals surface area contributed by atoms with Gasteiger partial charge < -0.3 is 11.1 Å². The first-order chi connectivity index (χ1) is 15.9. The number of nitrogens with one attached hydrogen (secondary N) is 1. The standard InChI is InChI=1S/C21H14BrF4N5O2S/c1-9-13(22)7-31(30-9)8-15(32)29-17-16-12(10-2-4-11(23)5-3-10)6-14(21(24,25)26)28-20(16)34-18(17)19(27)33/h2-7H,8H2,1H3,(H2,27,33)(H,29,32). The van der Waals surface area contributed by atoms with Gasteiger partial charge in [0.2, 0.25) is 5.91 Å². The van der Waals surface area contributed by atoms with Crippen molar-refractivity contribution in [2.75, 3.05) is 5.32 Å². The van der Waals surface area contributed by atoms with Crippen LogP contribution in [0.25, 0.3) is 21.3 Å². The van der Waals surface area contributed by atoms with Gasteiger partial charge in [0.15, 0.2) is 0 Å². The van der Waals surface area contributed by atoms with E-state index in [1.807, 2.05) is 0 Å². The van der Waals surface area contributed by atoms with Crippen LogP contribution >= 0.6 is 27.3 Å². The summed E-state index contributed by atoms with van der Waals surface area (Å²) < 4.78 is 56.1. The molecule has 0 saturated heterocycles. The number of halogens is 5. The third-order valence-electron chi connectivity index (χ3n) is 4.79. The number of aryl methyl sites for hydroxylation is 1. The number of fused-ring (bicyclic) bond motifs is 1. The van der Waals surface area contributed by atoms with Crippen LogP contribution in [0.1, 0.15) is 21.1 Å². The Balaban J connectivity index is 1.89. The zero-order valence-electron chi connectivity index (χ0n) is 17.2. The molecule has 0 aliphatic carbocycles. The Morgan fingerprint density at radius 2 is 1.91 bits per heavy atom. The van der Waals surface area contributed by atoms with Gasteiger partial charge in [0, 0.05) is 11.6 Å². The highest BCUT2D eigenvalue weighted by Crippen LogP contribution is 2.43. The summed E-state index contributed by atoms with van der Waals surface area (Å²) in [6.45, 7) is 1.50. The van der Waals surface area contributed by atoms with Gasteiger partial charge in [-0.15, -0.1) is 11.3 Å². The summed E-state index contributed by atoms with van der Waals surface area (Å²) in [4.78, 5) is 28.2. The highest BCUT2D eigenvalue weighted by Gasteiger charge is 2.35. The fourth-order valence-electron chi connectivity index (χ4n) is 3.29. The van der Waals surface area contributed by atoms with Crippen LogP contribution < -0.4 is 11.1 Å². The van der Waals surface area contributed by atoms with E-state index in [0.717, 1.165) is 18.2 Å². The molecule has 1 aromatic carbocycles. The summed E-state index contributed by atoms with van der Waals surface area (Å²) >= 11 is 3.92. The number of rotatable bonds is 5. The van der Waals surface area contributed by atoms with Gasteiger partial charge in [0.25, 0.3) is 5.91 Å². The Hall–Kier alpha value is -3.32. The second-order valence-electron chi connectivity index (χ2n) is 7.22.